The Kier molecular flexibility index (Phi) is 6.55. The minimum absolute atomic E-state index is 0.120. The number of pyridine rings is 1. The molecular formula is C25H25N5O2. The van der Waals surface area contributed by atoms with Crippen LogP contribution in [0.15, 0.2) is 67.0 Å². The normalized spacial score (nSPS) is 10.7. The van der Waals surface area contributed by atoms with E-state index in [0.29, 0.717) is 35.2 Å². The Bertz CT molecular complexity index is 1230. The van der Waals surface area contributed by atoms with Gasteiger partial charge in [-0.25, -0.2) is 9.97 Å². The number of carbonyl (C=O) groups is 1. The Morgan fingerprint density at radius 2 is 1.94 bits per heavy atom. The number of para-hydroxylation sites is 1. The third-order valence-corrected chi connectivity index (χ3v) is 5.06. The van der Waals surface area contributed by atoms with E-state index >= 15 is 0 Å². The molecule has 0 bridgehead atoms. The lowest BCUT2D eigenvalue weighted by atomic mass is 10.1. The predicted octanol–water partition coefficient (Wildman–Crippen LogP) is 4.97. The third-order valence-electron chi connectivity index (χ3n) is 5.06. The molecule has 4 aromatic rings. The molecule has 0 aliphatic heterocycles. The summed E-state index contributed by atoms with van der Waals surface area (Å²) in [4.78, 5) is 26.4. The van der Waals surface area contributed by atoms with Gasteiger partial charge in [-0.15, -0.1) is 0 Å². The summed E-state index contributed by atoms with van der Waals surface area (Å²) >= 11 is 0. The smallest absolute Gasteiger partial charge is 0.253 e. The molecule has 0 spiro atoms. The first kappa shape index (κ1) is 21.2. The van der Waals surface area contributed by atoms with E-state index in [4.69, 9.17) is 14.7 Å². The number of benzene rings is 2. The van der Waals surface area contributed by atoms with Crippen LogP contribution < -0.4 is 15.4 Å². The highest BCUT2D eigenvalue weighted by Crippen LogP contribution is 2.31. The predicted molar refractivity (Wildman–Crippen MR) is 126 cm³/mol. The van der Waals surface area contributed by atoms with Crippen LogP contribution in [-0.4, -0.2) is 34.5 Å². The number of aromatic nitrogens is 3. The van der Waals surface area contributed by atoms with Crippen LogP contribution in [0.2, 0.25) is 0 Å². The van der Waals surface area contributed by atoms with Gasteiger partial charge in [0.2, 0.25) is 0 Å². The molecule has 0 fully saturated rings. The monoisotopic (exact) mass is 427 g/mol. The largest absolute Gasteiger partial charge is 0.497 e. The molecule has 2 aromatic carbocycles. The average molecular weight is 428 g/mol. The Morgan fingerprint density at radius 1 is 1.06 bits per heavy atom. The summed E-state index contributed by atoms with van der Waals surface area (Å²) < 4.78 is 5.40. The highest BCUT2D eigenvalue weighted by atomic mass is 16.5. The van der Waals surface area contributed by atoms with E-state index in [1.54, 1.807) is 25.6 Å². The first-order valence-electron chi connectivity index (χ1n) is 10.6. The zero-order valence-corrected chi connectivity index (χ0v) is 18.1. The van der Waals surface area contributed by atoms with Crippen LogP contribution in [0, 0.1) is 0 Å². The lowest BCUT2D eigenvalue weighted by Crippen LogP contribution is -2.25. The average Bonchev–Trinajstić information content (AvgIpc) is 2.84. The number of hydrogen-bond donors (Lipinski definition) is 2. The van der Waals surface area contributed by atoms with Gasteiger partial charge in [0.05, 0.1) is 23.9 Å². The molecule has 0 aliphatic rings. The van der Waals surface area contributed by atoms with Crippen LogP contribution in [-0.2, 0) is 0 Å². The van der Waals surface area contributed by atoms with E-state index in [0.717, 1.165) is 29.3 Å². The second-order valence-electron chi connectivity index (χ2n) is 7.30. The number of methoxy groups -OCH3 is 1. The van der Waals surface area contributed by atoms with Crippen molar-refractivity contribution >= 4 is 28.3 Å². The molecule has 2 heterocycles. The van der Waals surface area contributed by atoms with Gasteiger partial charge in [-0.05, 0) is 48.9 Å². The molecule has 0 unspecified atom stereocenters. The second kappa shape index (κ2) is 9.87. The third kappa shape index (κ3) is 4.67. The Hall–Kier alpha value is -4.00. The van der Waals surface area contributed by atoms with Gasteiger partial charge in [-0.1, -0.05) is 25.5 Å². The molecule has 0 saturated heterocycles. The van der Waals surface area contributed by atoms with E-state index in [1.807, 2.05) is 48.5 Å². The minimum Gasteiger partial charge on any atom is -0.497 e. The maximum absolute atomic E-state index is 12.8. The van der Waals surface area contributed by atoms with Crippen molar-refractivity contribution in [2.45, 2.75) is 19.8 Å². The van der Waals surface area contributed by atoms with E-state index in [-0.39, 0.29) is 5.91 Å². The van der Waals surface area contributed by atoms with Crippen molar-refractivity contribution in [1.82, 2.24) is 20.3 Å². The van der Waals surface area contributed by atoms with E-state index < -0.39 is 0 Å². The molecule has 2 N–H and O–H groups in total. The van der Waals surface area contributed by atoms with E-state index in [9.17, 15) is 4.79 Å². The molecule has 0 radical (unpaired) electrons. The Morgan fingerprint density at radius 3 is 2.72 bits per heavy atom. The number of nitrogens with one attached hydrogen (secondary N) is 2. The molecule has 162 valence electrons. The fourth-order valence-electron chi connectivity index (χ4n) is 3.35. The van der Waals surface area contributed by atoms with Gasteiger partial charge < -0.3 is 15.4 Å². The quantitative estimate of drug-likeness (QED) is 0.386. The number of rotatable bonds is 8. The van der Waals surface area contributed by atoms with Crippen molar-refractivity contribution in [2.24, 2.45) is 0 Å². The second-order valence-corrected chi connectivity index (χ2v) is 7.30. The number of amides is 1. The molecule has 7 nitrogen and oxygen atoms in total. The SMILES string of the molecule is CCCCNC(=O)c1ccccc1Nc1nc(-c2cccnc2)nc2ccc(OC)cc12. The van der Waals surface area contributed by atoms with E-state index in [1.165, 1.54) is 0 Å². The Balaban J connectivity index is 1.78. The molecule has 0 atom stereocenters. The molecule has 2 aromatic heterocycles. The summed E-state index contributed by atoms with van der Waals surface area (Å²) in [6, 6.07) is 16.8. The number of anilines is 2. The zero-order chi connectivity index (χ0) is 22.3. The number of unbranched alkanes of at least 4 members (excludes halogenated alkanes) is 1. The summed E-state index contributed by atoms with van der Waals surface area (Å²) in [5, 5.41) is 7.13. The molecule has 0 saturated carbocycles. The first-order chi connectivity index (χ1) is 15.7. The van der Waals surface area contributed by atoms with Crippen molar-refractivity contribution < 1.29 is 9.53 Å². The zero-order valence-electron chi connectivity index (χ0n) is 18.1. The first-order valence-corrected chi connectivity index (χ1v) is 10.6. The van der Waals surface area contributed by atoms with Crippen LogP contribution in [0.3, 0.4) is 0 Å². The summed E-state index contributed by atoms with van der Waals surface area (Å²) in [5.74, 6) is 1.71. The maximum Gasteiger partial charge on any atom is 0.253 e. The Labute approximate surface area is 186 Å². The molecule has 32 heavy (non-hydrogen) atoms. The van der Waals surface area contributed by atoms with Crippen LogP contribution in [0.5, 0.6) is 5.75 Å². The van der Waals surface area contributed by atoms with Crippen LogP contribution in [0.4, 0.5) is 11.5 Å². The van der Waals surface area contributed by atoms with Gasteiger partial charge in [0, 0.05) is 29.9 Å². The number of carbonyl (C=O) groups excluding carboxylic acids is 1. The van der Waals surface area contributed by atoms with E-state index in [2.05, 4.69) is 22.5 Å². The van der Waals surface area contributed by atoms with Gasteiger partial charge in [-0.3, -0.25) is 9.78 Å². The summed E-state index contributed by atoms with van der Waals surface area (Å²) in [5.41, 5.74) is 2.79. The summed E-state index contributed by atoms with van der Waals surface area (Å²) in [7, 11) is 1.62. The van der Waals surface area contributed by atoms with Crippen molar-refractivity contribution in [3.8, 4) is 17.1 Å². The fourth-order valence-corrected chi connectivity index (χ4v) is 3.35. The highest BCUT2D eigenvalue weighted by molar-refractivity contribution is 6.02. The van der Waals surface area contributed by atoms with Crippen LogP contribution in [0.1, 0.15) is 30.1 Å². The molecule has 4 rings (SSSR count). The highest BCUT2D eigenvalue weighted by Gasteiger charge is 2.15. The number of hydrogen-bond acceptors (Lipinski definition) is 6. The van der Waals surface area contributed by atoms with Gasteiger partial charge >= 0.3 is 0 Å². The van der Waals surface area contributed by atoms with Crippen molar-refractivity contribution in [3.63, 3.8) is 0 Å². The van der Waals surface area contributed by atoms with Crippen LogP contribution in [0.25, 0.3) is 22.3 Å². The lowest BCUT2D eigenvalue weighted by Gasteiger charge is -2.15. The number of fused-ring (bicyclic) bond motifs is 1. The van der Waals surface area contributed by atoms with Crippen LogP contribution >= 0.6 is 0 Å². The topological polar surface area (TPSA) is 89.0 Å². The van der Waals surface area contributed by atoms with Crippen molar-refractivity contribution in [2.75, 3.05) is 19.0 Å². The van der Waals surface area contributed by atoms with Gasteiger partial charge in [-0.2, -0.15) is 0 Å². The summed E-state index contributed by atoms with van der Waals surface area (Å²) in [6.45, 7) is 2.73. The van der Waals surface area contributed by atoms with Crippen molar-refractivity contribution in [1.29, 1.82) is 0 Å². The number of ether oxygens (including phenoxy) is 1. The fraction of sp³-hybridized carbons (Fsp3) is 0.200. The van der Waals surface area contributed by atoms with Gasteiger partial charge in [0.15, 0.2) is 5.82 Å². The lowest BCUT2D eigenvalue weighted by molar-refractivity contribution is 0.0954. The molecule has 0 aliphatic carbocycles. The molecule has 1 amide bonds. The minimum atomic E-state index is -0.120. The van der Waals surface area contributed by atoms with Gasteiger partial charge in [0.1, 0.15) is 11.6 Å². The van der Waals surface area contributed by atoms with Gasteiger partial charge in [0.25, 0.3) is 5.91 Å². The molecular weight excluding hydrogens is 402 g/mol. The summed E-state index contributed by atoms with van der Waals surface area (Å²) in [6.07, 6.45) is 5.39. The number of nitrogens with zero attached hydrogens (tertiary/aromatic N) is 3. The standard InChI is InChI=1S/C25H25N5O2/c1-3-4-14-27-25(31)19-9-5-6-10-21(19)29-24-20-15-18(32-2)11-12-22(20)28-23(30-24)17-8-7-13-26-16-17/h5-13,15-16H,3-4,14H2,1-2H3,(H,27,31)(H,28,29,30). The molecule has 7 heteroatoms. The maximum atomic E-state index is 12.8. The van der Waals surface area contributed by atoms with Crippen molar-refractivity contribution in [3.05, 3.63) is 72.6 Å².